The Morgan fingerprint density at radius 1 is 0.621 bits per heavy atom. The third kappa shape index (κ3) is 4.95. The number of rotatable bonds is 5. The van der Waals surface area contributed by atoms with E-state index in [0.29, 0.717) is 11.1 Å². The second-order valence-corrected chi connectivity index (χ2v) is 6.34. The van der Waals surface area contributed by atoms with Crippen molar-refractivity contribution in [3.05, 3.63) is 82.9 Å². The average Bonchev–Trinajstić information content (AvgIpc) is 2.69. The van der Waals surface area contributed by atoms with E-state index in [1.54, 1.807) is 42.5 Å². The molecule has 0 spiro atoms. The molecule has 0 radical (unpaired) electrons. The van der Waals surface area contributed by atoms with Crippen molar-refractivity contribution in [2.24, 2.45) is 0 Å². The molecule has 0 amide bonds. The summed E-state index contributed by atoms with van der Waals surface area (Å²) in [7, 11) is 0. The predicted octanol–water partition coefficient (Wildman–Crippen LogP) is 4.28. The zero-order valence-corrected chi connectivity index (χ0v) is 15.1. The third-order valence-electron chi connectivity index (χ3n) is 4.11. The number of hydrogen-bond donors (Lipinski definition) is 5. The number of ketones is 1. The number of phenols is 5. The summed E-state index contributed by atoms with van der Waals surface area (Å²) >= 11 is 0. The second kappa shape index (κ2) is 8.22. The number of hydrogen-bond acceptors (Lipinski definition) is 6. The molecule has 29 heavy (non-hydrogen) atoms. The summed E-state index contributed by atoms with van der Waals surface area (Å²) in [6.45, 7) is 0. The zero-order chi connectivity index (χ0) is 21.0. The Hall–Kier alpha value is -4.19. The molecule has 0 bridgehead atoms. The fourth-order valence-corrected chi connectivity index (χ4v) is 2.64. The van der Waals surface area contributed by atoms with Crippen molar-refractivity contribution in [3.8, 4) is 28.7 Å². The highest BCUT2D eigenvalue weighted by Gasteiger charge is 2.08. The number of carbonyl (C=O) groups is 1. The lowest BCUT2D eigenvalue weighted by atomic mass is 10.0. The van der Waals surface area contributed by atoms with Gasteiger partial charge >= 0.3 is 0 Å². The largest absolute Gasteiger partial charge is 0.508 e. The van der Waals surface area contributed by atoms with Crippen molar-refractivity contribution in [1.82, 2.24) is 0 Å². The molecular formula is C23H18O6. The first-order valence-electron chi connectivity index (χ1n) is 8.60. The fraction of sp³-hybridized carbons (Fsp3) is 0. The van der Waals surface area contributed by atoms with E-state index in [9.17, 15) is 30.3 Å². The van der Waals surface area contributed by atoms with Crippen LogP contribution in [0.3, 0.4) is 0 Å². The van der Waals surface area contributed by atoms with E-state index in [4.69, 9.17) is 0 Å². The fourth-order valence-electron chi connectivity index (χ4n) is 2.64. The highest BCUT2D eigenvalue weighted by atomic mass is 16.3. The van der Waals surface area contributed by atoms with E-state index in [-0.39, 0.29) is 17.1 Å². The molecule has 3 aromatic rings. The maximum atomic E-state index is 12.4. The minimum absolute atomic E-state index is 0.0745. The molecule has 6 nitrogen and oxygen atoms in total. The Kier molecular flexibility index (Phi) is 5.55. The number of aromatic hydroxyl groups is 5. The summed E-state index contributed by atoms with van der Waals surface area (Å²) in [4.78, 5) is 12.4. The van der Waals surface area contributed by atoms with Gasteiger partial charge in [0.2, 0.25) is 0 Å². The molecule has 0 aliphatic rings. The normalized spacial score (nSPS) is 11.3. The Morgan fingerprint density at radius 3 is 1.86 bits per heavy atom. The molecule has 0 saturated heterocycles. The minimum Gasteiger partial charge on any atom is -0.508 e. The lowest BCUT2D eigenvalue weighted by Crippen LogP contribution is -1.94. The van der Waals surface area contributed by atoms with Gasteiger partial charge in [-0.05, 0) is 65.2 Å². The topological polar surface area (TPSA) is 118 Å². The lowest BCUT2D eigenvalue weighted by molar-refractivity contribution is 0.104. The highest BCUT2D eigenvalue weighted by Crippen LogP contribution is 2.35. The molecule has 0 unspecified atom stereocenters. The van der Waals surface area contributed by atoms with E-state index in [0.717, 1.165) is 5.56 Å². The Bertz CT molecular complexity index is 1090. The maximum Gasteiger partial charge on any atom is 0.200 e. The molecule has 0 aromatic heterocycles. The molecule has 5 N–H and O–H groups in total. The van der Waals surface area contributed by atoms with Gasteiger partial charge in [0.25, 0.3) is 0 Å². The van der Waals surface area contributed by atoms with Crippen molar-refractivity contribution in [2.45, 2.75) is 0 Å². The molecule has 0 heterocycles. The number of phenolic OH excluding ortho intramolecular Hbond substituents is 5. The van der Waals surface area contributed by atoms with E-state index in [1.807, 2.05) is 0 Å². The molecule has 0 fully saturated rings. The molecule has 6 heteroatoms. The smallest absolute Gasteiger partial charge is 0.200 e. The van der Waals surface area contributed by atoms with E-state index in [2.05, 4.69) is 0 Å². The molecule has 3 rings (SSSR count). The standard InChI is InChI=1S/C23H18O6/c24-18-6-3-14(4-7-18)1-2-15-9-17(13-19(25)10-15)20(26)8-5-16-11-21(27)23(29)22(28)12-16/h1-13,24-25,27-29H/b2-1+,8-5+. The monoisotopic (exact) mass is 390 g/mol. The van der Waals surface area contributed by atoms with Crippen LogP contribution in [-0.2, 0) is 0 Å². The van der Waals surface area contributed by atoms with Crippen LogP contribution in [0.25, 0.3) is 18.2 Å². The van der Waals surface area contributed by atoms with Gasteiger partial charge in [0.05, 0.1) is 0 Å². The van der Waals surface area contributed by atoms with Crippen LogP contribution >= 0.6 is 0 Å². The van der Waals surface area contributed by atoms with Crippen LogP contribution in [0.15, 0.2) is 60.7 Å². The van der Waals surface area contributed by atoms with Gasteiger partial charge in [0.1, 0.15) is 11.5 Å². The first-order chi connectivity index (χ1) is 13.8. The van der Waals surface area contributed by atoms with Gasteiger partial charge in [-0.2, -0.15) is 0 Å². The third-order valence-corrected chi connectivity index (χ3v) is 4.11. The maximum absolute atomic E-state index is 12.4. The van der Waals surface area contributed by atoms with Crippen LogP contribution in [0, 0.1) is 0 Å². The van der Waals surface area contributed by atoms with Crippen molar-refractivity contribution in [3.63, 3.8) is 0 Å². The van der Waals surface area contributed by atoms with Gasteiger partial charge in [-0.15, -0.1) is 0 Å². The summed E-state index contributed by atoms with van der Waals surface area (Å²) in [6, 6.07) is 13.4. The summed E-state index contributed by atoms with van der Waals surface area (Å²) in [5.41, 5.74) is 2.01. The van der Waals surface area contributed by atoms with Gasteiger partial charge in [0, 0.05) is 5.56 Å². The number of benzene rings is 3. The van der Waals surface area contributed by atoms with Crippen LogP contribution in [0.2, 0.25) is 0 Å². The van der Waals surface area contributed by atoms with Crippen molar-refractivity contribution < 1.29 is 30.3 Å². The molecule has 0 atom stereocenters. The SMILES string of the molecule is O=C(/C=C/c1cc(O)c(O)c(O)c1)c1cc(O)cc(/C=C/c2ccc(O)cc2)c1. The van der Waals surface area contributed by atoms with Crippen molar-refractivity contribution in [2.75, 3.05) is 0 Å². The molecular weight excluding hydrogens is 372 g/mol. The van der Waals surface area contributed by atoms with Gasteiger partial charge in [-0.25, -0.2) is 0 Å². The highest BCUT2D eigenvalue weighted by molar-refractivity contribution is 6.07. The van der Waals surface area contributed by atoms with Crippen LogP contribution in [0.5, 0.6) is 28.7 Å². The molecule has 146 valence electrons. The molecule has 0 saturated carbocycles. The van der Waals surface area contributed by atoms with Gasteiger partial charge in [-0.1, -0.05) is 30.4 Å². The van der Waals surface area contributed by atoms with Crippen molar-refractivity contribution in [1.29, 1.82) is 0 Å². The quantitative estimate of drug-likeness (QED) is 0.192. The number of carbonyl (C=O) groups excluding carboxylic acids is 1. The molecule has 3 aromatic carbocycles. The first kappa shape index (κ1) is 19.6. The Balaban J connectivity index is 1.81. The second-order valence-electron chi connectivity index (χ2n) is 6.34. The summed E-state index contributed by atoms with van der Waals surface area (Å²) in [5.74, 6) is -1.95. The van der Waals surface area contributed by atoms with Crippen molar-refractivity contribution >= 4 is 24.0 Å². The Morgan fingerprint density at radius 2 is 1.21 bits per heavy atom. The van der Waals surface area contributed by atoms with Crippen LogP contribution in [0.1, 0.15) is 27.0 Å². The lowest BCUT2D eigenvalue weighted by Gasteiger charge is -2.03. The van der Waals surface area contributed by atoms with E-state index in [1.165, 1.54) is 36.4 Å². The Labute approximate surface area is 166 Å². The van der Waals surface area contributed by atoms with Crippen LogP contribution in [-0.4, -0.2) is 31.3 Å². The summed E-state index contributed by atoms with van der Waals surface area (Å²) in [5, 5.41) is 47.6. The first-order valence-corrected chi connectivity index (χ1v) is 8.60. The average molecular weight is 390 g/mol. The molecule has 0 aliphatic carbocycles. The van der Waals surface area contributed by atoms with Crippen LogP contribution in [0.4, 0.5) is 0 Å². The summed E-state index contributed by atoms with van der Waals surface area (Å²) in [6.07, 6.45) is 6.10. The zero-order valence-electron chi connectivity index (χ0n) is 15.1. The van der Waals surface area contributed by atoms with Gasteiger partial charge < -0.3 is 25.5 Å². The molecule has 0 aliphatic heterocycles. The summed E-state index contributed by atoms with van der Waals surface area (Å²) < 4.78 is 0. The van der Waals surface area contributed by atoms with E-state index >= 15 is 0 Å². The van der Waals surface area contributed by atoms with Gasteiger partial charge in [-0.3, -0.25) is 4.79 Å². The van der Waals surface area contributed by atoms with Gasteiger partial charge in [0.15, 0.2) is 23.0 Å². The van der Waals surface area contributed by atoms with E-state index < -0.39 is 23.0 Å². The predicted molar refractivity (Wildman–Crippen MR) is 110 cm³/mol. The van der Waals surface area contributed by atoms with Crippen LogP contribution < -0.4 is 0 Å². The number of allylic oxidation sites excluding steroid dienone is 1. The minimum atomic E-state index is -0.633.